The molecule has 1 fully saturated rings. The Morgan fingerprint density at radius 2 is 1.62 bits per heavy atom. The molecule has 2 atom stereocenters. The van der Waals surface area contributed by atoms with Crippen molar-refractivity contribution >= 4 is 0 Å². The van der Waals surface area contributed by atoms with Gasteiger partial charge in [0.15, 0.2) is 12.6 Å². The average molecular weight is 118 g/mol. The van der Waals surface area contributed by atoms with Crippen LogP contribution in [0.25, 0.3) is 0 Å². The van der Waals surface area contributed by atoms with E-state index < -0.39 is 0 Å². The molecule has 1 rings (SSSR count). The highest BCUT2D eigenvalue weighted by Gasteiger charge is 2.29. The molecule has 0 aromatic rings. The lowest BCUT2D eigenvalue weighted by Gasteiger charge is -2.32. The van der Waals surface area contributed by atoms with Crippen LogP contribution >= 0.6 is 0 Å². The quantitative estimate of drug-likeness (QED) is 0.523. The minimum absolute atomic E-state index is 0.0278. The third-order valence-corrected chi connectivity index (χ3v) is 1.21. The van der Waals surface area contributed by atoms with Crippen LogP contribution in [0.15, 0.2) is 0 Å². The fourth-order valence-electron chi connectivity index (χ4n) is 0.619. The Morgan fingerprint density at radius 3 is 1.88 bits per heavy atom. The Balaban J connectivity index is 2.03. The first kappa shape index (κ1) is 6.01. The van der Waals surface area contributed by atoms with Crippen LogP contribution in [0, 0.1) is 0 Å². The molecule has 1 aliphatic rings. The molecule has 8 heavy (non-hydrogen) atoms. The van der Waals surface area contributed by atoms with Gasteiger partial charge in [-0.3, -0.25) is 0 Å². The molecule has 0 aromatic carbocycles. The van der Waals surface area contributed by atoms with Crippen molar-refractivity contribution in [1.82, 2.24) is 0 Å². The van der Waals surface area contributed by atoms with E-state index in [0.717, 1.165) is 6.42 Å². The molecule has 3 heteroatoms. The van der Waals surface area contributed by atoms with Gasteiger partial charge in [-0.2, -0.15) is 0 Å². The molecule has 1 saturated heterocycles. The Morgan fingerprint density at radius 1 is 1.25 bits per heavy atom. The van der Waals surface area contributed by atoms with Crippen molar-refractivity contribution in [2.75, 3.05) is 14.2 Å². The Kier molecular flexibility index (Phi) is 1.83. The van der Waals surface area contributed by atoms with Crippen molar-refractivity contribution in [3.05, 3.63) is 0 Å². The zero-order valence-corrected chi connectivity index (χ0v) is 5.09. The number of hydrogen-bond acceptors (Lipinski definition) is 3. The zero-order valence-electron chi connectivity index (χ0n) is 5.09. The van der Waals surface area contributed by atoms with Crippen LogP contribution in [0.1, 0.15) is 6.42 Å². The zero-order chi connectivity index (χ0) is 5.98. The summed E-state index contributed by atoms with van der Waals surface area (Å²) in [6.45, 7) is 0. The second-order valence-corrected chi connectivity index (χ2v) is 1.70. The summed E-state index contributed by atoms with van der Waals surface area (Å²) < 4.78 is 14.6. The van der Waals surface area contributed by atoms with Crippen LogP contribution in [0.4, 0.5) is 0 Å². The minimum Gasteiger partial charge on any atom is -0.356 e. The second-order valence-electron chi connectivity index (χ2n) is 1.70. The van der Waals surface area contributed by atoms with Gasteiger partial charge in [0, 0.05) is 20.6 Å². The van der Waals surface area contributed by atoms with Crippen LogP contribution in [0.2, 0.25) is 0 Å². The average Bonchev–Trinajstić information content (AvgIpc) is 1.65. The first-order chi connectivity index (χ1) is 3.86. The lowest BCUT2D eigenvalue weighted by atomic mass is 10.3. The molecule has 0 radical (unpaired) electrons. The normalized spacial score (nSPS) is 36.8. The first-order valence-electron chi connectivity index (χ1n) is 2.58. The van der Waals surface area contributed by atoms with Gasteiger partial charge in [0.1, 0.15) is 0 Å². The fraction of sp³-hybridized carbons (Fsp3) is 1.00. The summed E-state index contributed by atoms with van der Waals surface area (Å²) in [7, 11) is 3.24. The highest BCUT2D eigenvalue weighted by Crippen LogP contribution is 2.20. The van der Waals surface area contributed by atoms with Crippen LogP contribution in [0.3, 0.4) is 0 Å². The van der Waals surface area contributed by atoms with Gasteiger partial charge in [0.25, 0.3) is 0 Å². The predicted octanol–water partition coefficient (Wildman–Crippen LogP) is 0.352. The number of rotatable bonds is 2. The molecular weight excluding hydrogens is 108 g/mol. The lowest BCUT2D eigenvalue weighted by molar-refractivity contribution is -0.321. The molecule has 1 aliphatic heterocycles. The van der Waals surface area contributed by atoms with Crippen molar-refractivity contribution in [1.29, 1.82) is 0 Å². The van der Waals surface area contributed by atoms with Crippen LogP contribution in [0.5, 0.6) is 0 Å². The summed E-state index contributed by atoms with van der Waals surface area (Å²) in [4.78, 5) is 0. The van der Waals surface area contributed by atoms with Gasteiger partial charge in [0.2, 0.25) is 0 Å². The van der Waals surface area contributed by atoms with E-state index in [1.807, 2.05) is 0 Å². The van der Waals surface area contributed by atoms with Crippen molar-refractivity contribution < 1.29 is 14.2 Å². The van der Waals surface area contributed by atoms with E-state index in [4.69, 9.17) is 14.2 Å². The van der Waals surface area contributed by atoms with E-state index in [9.17, 15) is 0 Å². The molecule has 0 aromatic heterocycles. The molecule has 2 unspecified atom stereocenters. The number of hydrogen-bond donors (Lipinski definition) is 0. The van der Waals surface area contributed by atoms with Crippen LogP contribution in [-0.2, 0) is 14.2 Å². The molecule has 0 aliphatic carbocycles. The van der Waals surface area contributed by atoms with Crippen LogP contribution < -0.4 is 0 Å². The van der Waals surface area contributed by atoms with Gasteiger partial charge in [-0.25, -0.2) is 0 Å². The topological polar surface area (TPSA) is 27.7 Å². The van der Waals surface area contributed by atoms with Gasteiger partial charge in [-0.15, -0.1) is 0 Å². The molecular formula is C5H10O3. The maximum atomic E-state index is 4.99. The number of methoxy groups -OCH3 is 2. The van der Waals surface area contributed by atoms with E-state index in [0.29, 0.717) is 0 Å². The van der Waals surface area contributed by atoms with Crippen molar-refractivity contribution in [2.45, 2.75) is 19.0 Å². The van der Waals surface area contributed by atoms with Gasteiger partial charge >= 0.3 is 0 Å². The molecule has 0 saturated carbocycles. The Bertz CT molecular complexity index is 60.1. The van der Waals surface area contributed by atoms with Crippen molar-refractivity contribution in [2.24, 2.45) is 0 Å². The summed E-state index contributed by atoms with van der Waals surface area (Å²) in [6.07, 6.45) is 0.799. The number of ether oxygens (including phenoxy) is 3. The molecule has 3 nitrogen and oxygen atoms in total. The molecule has 0 N–H and O–H groups in total. The van der Waals surface area contributed by atoms with Gasteiger partial charge in [-0.1, -0.05) is 0 Å². The van der Waals surface area contributed by atoms with E-state index in [1.54, 1.807) is 14.2 Å². The molecule has 0 amide bonds. The van der Waals surface area contributed by atoms with E-state index >= 15 is 0 Å². The van der Waals surface area contributed by atoms with Crippen LogP contribution in [-0.4, -0.2) is 26.8 Å². The largest absolute Gasteiger partial charge is 0.356 e. The summed E-state index contributed by atoms with van der Waals surface area (Å²) in [6, 6.07) is 0. The maximum Gasteiger partial charge on any atom is 0.165 e. The maximum absolute atomic E-state index is 4.99. The second kappa shape index (κ2) is 2.44. The highest BCUT2D eigenvalue weighted by atomic mass is 16.8. The summed E-state index contributed by atoms with van der Waals surface area (Å²) in [5.41, 5.74) is 0. The van der Waals surface area contributed by atoms with Gasteiger partial charge in [-0.05, 0) is 0 Å². The first-order valence-corrected chi connectivity index (χ1v) is 2.58. The third kappa shape index (κ3) is 0.992. The summed E-state index contributed by atoms with van der Waals surface area (Å²) in [5, 5.41) is 0. The SMILES string of the molecule is COC1CC(OC)O1. The van der Waals surface area contributed by atoms with E-state index in [1.165, 1.54) is 0 Å². The van der Waals surface area contributed by atoms with E-state index in [-0.39, 0.29) is 12.6 Å². The standard InChI is InChI=1S/C5H10O3/c1-6-4-3-5(7-2)8-4/h4-5H,3H2,1-2H3. The molecule has 1 heterocycles. The predicted molar refractivity (Wildman–Crippen MR) is 27.3 cm³/mol. The highest BCUT2D eigenvalue weighted by molar-refractivity contribution is 4.60. The van der Waals surface area contributed by atoms with E-state index in [2.05, 4.69) is 0 Å². The molecule has 0 spiro atoms. The van der Waals surface area contributed by atoms with Crippen molar-refractivity contribution in [3.8, 4) is 0 Å². The summed E-state index contributed by atoms with van der Waals surface area (Å²) >= 11 is 0. The monoisotopic (exact) mass is 118 g/mol. The molecule has 48 valence electrons. The van der Waals surface area contributed by atoms with Gasteiger partial charge in [0.05, 0.1) is 0 Å². The minimum atomic E-state index is -0.0278. The van der Waals surface area contributed by atoms with Crippen molar-refractivity contribution in [3.63, 3.8) is 0 Å². The summed E-state index contributed by atoms with van der Waals surface area (Å²) in [5.74, 6) is 0. The Labute approximate surface area is 48.5 Å². The molecule has 0 bridgehead atoms. The Hall–Kier alpha value is -0.120. The smallest absolute Gasteiger partial charge is 0.165 e. The fourth-order valence-corrected chi connectivity index (χ4v) is 0.619. The lowest BCUT2D eigenvalue weighted by Crippen LogP contribution is -2.39. The van der Waals surface area contributed by atoms with Gasteiger partial charge < -0.3 is 14.2 Å². The third-order valence-electron chi connectivity index (χ3n) is 1.21.